The molecule has 2 N–H and O–H groups in total. The van der Waals surface area contributed by atoms with E-state index in [2.05, 4.69) is 30.7 Å². The van der Waals surface area contributed by atoms with Gasteiger partial charge in [0.2, 0.25) is 17.6 Å². The number of para-hydroxylation sites is 2. The Labute approximate surface area is 203 Å². The number of hydrogen-bond donors (Lipinski definition) is 2. The molecule has 0 spiro atoms. The number of amides is 3. The monoisotopic (exact) mass is 479 g/mol. The number of rotatable bonds is 5. The smallest absolute Gasteiger partial charge is 0.321 e. The number of nitrogens with zero attached hydrogens (tertiary/aromatic N) is 5. The van der Waals surface area contributed by atoms with E-state index in [0.717, 1.165) is 6.42 Å². The fraction of sp³-hybridized carbons (Fsp3) is 0.417. The van der Waals surface area contributed by atoms with Crippen LogP contribution < -0.4 is 15.4 Å². The van der Waals surface area contributed by atoms with E-state index in [1.165, 1.54) is 0 Å². The van der Waals surface area contributed by atoms with Crippen LogP contribution in [0.3, 0.4) is 0 Å². The van der Waals surface area contributed by atoms with Gasteiger partial charge in [-0.3, -0.25) is 9.78 Å². The van der Waals surface area contributed by atoms with Crippen molar-refractivity contribution in [1.29, 1.82) is 0 Å². The molecule has 1 fully saturated rings. The Morgan fingerprint density at radius 2 is 2.14 bits per heavy atom. The highest BCUT2D eigenvalue weighted by Crippen LogP contribution is 2.27. The molecule has 1 unspecified atom stereocenters. The molecule has 3 aromatic rings. The Morgan fingerprint density at radius 3 is 2.97 bits per heavy atom. The average Bonchev–Trinajstić information content (AvgIpc) is 3.35. The van der Waals surface area contributed by atoms with E-state index >= 15 is 0 Å². The van der Waals surface area contributed by atoms with E-state index in [1.54, 1.807) is 29.6 Å². The van der Waals surface area contributed by atoms with Crippen LogP contribution in [0.4, 0.5) is 10.5 Å². The molecule has 184 valence electrons. The second-order valence-electron chi connectivity index (χ2n) is 8.12. The summed E-state index contributed by atoms with van der Waals surface area (Å²) in [5, 5.41) is 9.89. The fourth-order valence-corrected chi connectivity index (χ4v) is 3.91. The van der Waals surface area contributed by atoms with E-state index < -0.39 is 0 Å². The molecule has 1 aliphatic heterocycles. The molecular weight excluding hydrogens is 450 g/mol. The SMILES string of the molecule is CCOc1ccccc1NC(=O)N1CCCC(c2nc(-c3cnccn3)no2)CCNC(=O)CC1. The Bertz CT molecular complexity index is 1120. The van der Waals surface area contributed by atoms with Crippen LogP contribution in [0.1, 0.15) is 44.4 Å². The number of carbonyl (C=O) groups is 2. The standard InChI is InChI=1S/C24H29N7O4/c1-2-34-20-8-4-3-7-18(20)28-24(33)31-14-5-6-17(9-11-27-21(32)10-15-31)23-29-22(30-35-23)19-16-25-12-13-26-19/h3-4,7-8,12-13,16-17H,2,5-6,9-11,14-15H2,1H3,(H,27,32)(H,28,33). The van der Waals surface area contributed by atoms with Crippen LogP contribution in [-0.4, -0.2) is 63.2 Å². The average molecular weight is 480 g/mol. The van der Waals surface area contributed by atoms with Crippen LogP contribution >= 0.6 is 0 Å². The number of carbonyl (C=O) groups excluding carboxylic acids is 2. The van der Waals surface area contributed by atoms with E-state index in [1.807, 2.05) is 25.1 Å². The number of benzene rings is 1. The quantitative estimate of drug-likeness (QED) is 0.569. The molecule has 35 heavy (non-hydrogen) atoms. The maximum absolute atomic E-state index is 13.1. The molecule has 1 saturated heterocycles. The van der Waals surface area contributed by atoms with Crippen molar-refractivity contribution in [3.8, 4) is 17.3 Å². The molecule has 2 aromatic heterocycles. The summed E-state index contributed by atoms with van der Waals surface area (Å²) in [6.07, 6.45) is 7.03. The molecule has 4 rings (SSSR count). The van der Waals surface area contributed by atoms with Crippen molar-refractivity contribution < 1.29 is 18.8 Å². The van der Waals surface area contributed by atoms with Gasteiger partial charge in [-0.2, -0.15) is 4.98 Å². The zero-order valence-corrected chi connectivity index (χ0v) is 19.6. The maximum Gasteiger partial charge on any atom is 0.321 e. The summed E-state index contributed by atoms with van der Waals surface area (Å²) in [4.78, 5) is 39.8. The van der Waals surface area contributed by atoms with Crippen LogP contribution in [-0.2, 0) is 4.79 Å². The maximum atomic E-state index is 13.1. The lowest BCUT2D eigenvalue weighted by Gasteiger charge is -2.23. The first-order valence-electron chi connectivity index (χ1n) is 11.8. The largest absolute Gasteiger partial charge is 0.492 e. The van der Waals surface area contributed by atoms with Gasteiger partial charge < -0.3 is 24.8 Å². The van der Waals surface area contributed by atoms with Gasteiger partial charge in [0.15, 0.2) is 0 Å². The van der Waals surface area contributed by atoms with Gasteiger partial charge in [0, 0.05) is 44.4 Å². The van der Waals surface area contributed by atoms with Crippen molar-refractivity contribution in [2.24, 2.45) is 0 Å². The Balaban J connectivity index is 1.44. The second-order valence-corrected chi connectivity index (χ2v) is 8.12. The molecule has 0 aliphatic carbocycles. The first-order valence-corrected chi connectivity index (χ1v) is 11.8. The third-order valence-electron chi connectivity index (χ3n) is 5.70. The highest BCUT2D eigenvalue weighted by atomic mass is 16.5. The number of nitrogens with one attached hydrogen (secondary N) is 2. The highest BCUT2D eigenvalue weighted by molar-refractivity contribution is 5.91. The summed E-state index contributed by atoms with van der Waals surface area (Å²) in [6.45, 7) is 3.67. The summed E-state index contributed by atoms with van der Waals surface area (Å²) in [7, 11) is 0. The topological polar surface area (TPSA) is 135 Å². The number of hydrogen-bond acceptors (Lipinski definition) is 8. The third-order valence-corrected chi connectivity index (χ3v) is 5.70. The summed E-state index contributed by atoms with van der Waals surface area (Å²) >= 11 is 0. The number of aromatic nitrogens is 4. The van der Waals surface area contributed by atoms with Crippen LogP contribution in [0.5, 0.6) is 5.75 Å². The molecule has 11 heteroatoms. The fourth-order valence-electron chi connectivity index (χ4n) is 3.91. The predicted molar refractivity (Wildman–Crippen MR) is 128 cm³/mol. The van der Waals surface area contributed by atoms with Crippen molar-refractivity contribution in [3.63, 3.8) is 0 Å². The summed E-state index contributed by atoms with van der Waals surface area (Å²) in [6, 6.07) is 7.02. The van der Waals surface area contributed by atoms with Crippen LogP contribution in [0.2, 0.25) is 0 Å². The molecule has 0 radical (unpaired) electrons. The van der Waals surface area contributed by atoms with Crippen LogP contribution in [0.25, 0.3) is 11.5 Å². The van der Waals surface area contributed by atoms with Crippen molar-refractivity contribution in [3.05, 3.63) is 48.7 Å². The predicted octanol–water partition coefficient (Wildman–Crippen LogP) is 3.23. The summed E-state index contributed by atoms with van der Waals surface area (Å²) < 4.78 is 11.1. The van der Waals surface area contributed by atoms with Crippen LogP contribution in [0, 0.1) is 0 Å². The summed E-state index contributed by atoms with van der Waals surface area (Å²) in [5.74, 6) is 1.30. The van der Waals surface area contributed by atoms with Gasteiger partial charge in [-0.1, -0.05) is 17.3 Å². The Kier molecular flexibility index (Phi) is 8.21. The first-order chi connectivity index (χ1) is 17.1. The second kappa shape index (κ2) is 11.9. The van der Waals surface area contributed by atoms with Crippen LogP contribution in [0.15, 0.2) is 47.4 Å². The molecule has 11 nitrogen and oxygen atoms in total. The minimum Gasteiger partial charge on any atom is -0.492 e. The Hall–Kier alpha value is -4.02. The number of ether oxygens (including phenoxy) is 1. The lowest BCUT2D eigenvalue weighted by molar-refractivity contribution is -0.121. The van der Waals surface area contributed by atoms with E-state index in [9.17, 15) is 9.59 Å². The Morgan fingerprint density at radius 1 is 1.26 bits per heavy atom. The molecule has 1 aromatic carbocycles. The molecular formula is C24H29N7O4. The molecule has 0 saturated carbocycles. The third kappa shape index (κ3) is 6.52. The number of anilines is 1. The molecule has 3 amide bonds. The number of urea groups is 1. The minimum absolute atomic E-state index is 0.0603. The van der Waals surface area contributed by atoms with Crippen molar-refractivity contribution >= 4 is 17.6 Å². The normalized spacial score (nSPS) is 17.2. The van der Waals surface area contributed by atoms with Gasteiger partial charge in [-0.25, -0.2) is 9.78 Å². The van der Waals surface area contributed by atoms with E-state index in [-0.39, 0.29) is 24.3 Å². The van der Waals surface area contributed by atoms with Gasteiger partial charge in [-0.15, -0.1) is 0 Å². The lowest BCUT2D eigenvalue weighted by atomic mass is 9.99. The minimum atomic E-state index is -0.275. The first kappa shape index (κ1) is 24.1. The van der Waals surface area contributed by atoms with Gasteiger partial charge in [-0.05, 0) is 38.3 Å². The summed E-state index contributed by atoms with van der Waals surface area (Å²) in [5.41, 5.74) is 1.13. The van der Waals surface area contributed by atoms with Gasteiger partial charge in [0.25, 0.3) is 0 Å². The molecule has 1 atom stereocenters. The van der Waals surface area contributed by atoms with E-state index in [4.69, 9.17) is 9.26 Å². The zero-order valence-electron chi connectivity index (χ0n) is 19.6. The van der Waals surface area contributed by atoms with Gasteiger partial charge in [0.05, 0.1) is 18.5 Å². The lowest BCUT2D eigenvalue weighted by Crippen LogP contribution is -2.38. The highest BCUT2D eigenvalue weighted by Gasteiger charge is 2.23. The molecule has 1 aliphatic rings. The zero-order chi connectivity index (χ0) is 24.5. The van der Waals surface area contributed by atoms with Crippen molar-refractivity contribution in [2.75, 3.05) is 31.6 Å². The van der Waals surface area contributed by atoms with Gasteiger partial charge in [0.1, 0.15) is 11.4 Å². The molecule has 3 heterocycles. The molecule has 0 bridgehead atoms. The van der Waals surface area contributed by atoms with E-state index in [0.29, 0.717) is 67.9 Å². The van der Waals surface area contributed by atoms with Crippen molar-refractivity contribution in [2.45, 2.75) is 38.5 Å². The van der Waals surface area contributed by atoms with Crippen molar-refractivity contribution in [1.82, 2.24) is 30.3 Å². The van der Waals surface area contributed by atoms with Gasteiger partial charge >= 0.3 is 6.03 Å².